The van der Waals surface area contributed by atoms with Crippen molar-refractivity contribution in [2.75, 3.05) is 0 Å². The summed E-state index contributed by atoms with van der Waals surface area (Å²) in [7, 11) is 0. The molecular weight excluding hydrogens is 226 g/mol. The summed E-state index contributed by atoms with van der Waals surface area (Å²) >= 11 is -0.840. The van der Waals surface area contributed by atoms with Crippen LogP contribution >= 0.6 is 11.9 Å². The predicted octanol–water partition coefficient (Wildman–Crippen LogP) is 0.906. The summed E-state index contributed by atoms with van der Waals surface area (Å²) in [4.78, 5) is 3.78. The van der Waals surface area contributed by atoms with Gasteiger partial charge in [0.05, 0.1) is 0 Å². The van der Waals surface area contributed by atoms with Gasteiger partial charge in [0.25, 0.3) is 0 Å². The molecule has 0 saturated carbocycles. The molecule has 0 aromatic carbocycles. The van der Waals surface area contributed by atoms with Gasteiger partial charge in [0.15, 0.2) is 0 Å². The Kier molecular flexibility index (Phi) is 5.80. The van der Waals surface area contributed by atoms with Gasteiger partial charge in [0, 0.05) is 12.4 Å². The maximum atomic E-state index is 9.27. The zero-order chi connectivity index (χ0) is 9.45. The molecule has 68 valence electrons. The van der Waals surface area contributed by atoms with Crippen molar-refractivity contribution in [3.8, 4) is 0 Å². The van der Waals surface area contributed by atoms with E-state index in [-0.39, 0.29) is 0 Å². The fourth-order valence-corrected chi connectivity index (χ4v) is 0.313. The summed E-state index contributed by atoms with van der Waals surface area (Å²) in [6.07, 6.45) is 3.50. The van der Waals surface area contributed by atoms with Gasteiger partial charge >= 0.3 is 40.6 Å². The SMILES string of the molecule is [O]=[Cr](=[O])([OH])[O]Cl.c1ccncc1. The van der Waals surface area contributed by atoms with Crippen LogP contribution in [0.1, 0.15) is 0 Å². The Bertz CT molecular complexity index is 261. The summed E-state index contributed by atoms with van der Waals surface area (Å²) < 4.78 is 29.1. The fourth-order valence-electron chi connectivity index (χ4n) is 0.313. The third-order valence-electron chi connectivity index (χ3n) is 0.646. The Labute approximate surface area is 76.5 Å². The van der Waals surface area contributed by atoms with Gasteiger partial charge < -0.3 is 0 Å². The van der Waals surface area contributed by atoms with E-state index in [4.69, 9.17) is 4.16 Å². The zero-order valence-corrected chi connectivity index (χ0v) is 7.82. The smallest absolute Gasteiger partial charge is 0.0267 e. The monoisotopic (exact) mass is 231 g/mol. The van der Waals surface area contributed by atoms with Crippen LogP contribution in [0.4, 0.5) is 0 Å². The molecule has 0 aliphatic carbocycles. The fraction of sp³-hybridized carbons (Fsp3) is 0. The molecule has 0 aliphatic rings. The summed E-state index contributed by atoms with van der Waals surface area (Å²) in [5.41, 5.74) is 0. The van der Waals surface area contributed by atoms with Crippen LogP contribution < -0.4 is 0 Å². The molecule has 0 atom stereocenters. The second kappa shape index (κ2) is 6.06. The molecular formula is C5H6ClCrNO4. The maximum absolute atomic E-state index is 9.27. The predicted molar refractivity (Wildman–Crippen MR) is 34.8 cm³/mol. The van der Waals surface area contributed by atoms with Gasteiger partial charge in [-0.3, -0.25) is 4.98 Å². The summed E-state index contributed by atoms with van der Waals surface area (Å²) in [6, 6.07) is 5.72. The van der Waals surface area contributed by atoms with Crippen molar-refractivity contribution >= 4 is 11.9 Å². The zero-order valence-electron chi connectivity index (χ0n) is 5.79. The van der Waals surface area contributed by atoms with Crippen LogP contribution in [0, 0.1) is 0 Å². The molecule has 0 amide bonds. The Morgan fingerprint density at radius 1 is 1.25 bits per heavy atom. The third-order valence-corrected chi connectivity index (χ3v) is 1.55. The van der Waals surface area contributed by atoms with Crippen LogP contribution in [0.2, 0.25) is 0 Å². The van der Waals surface area contributed by atoms with Gasteiger partial charge in [-0.2, -0.15) is 0 Å². The van der Waals surface area contributed by atoms with Crippen LogP contribution in [0.25, 0.3) is 0 Å². The standard InChI is InChI=1S/C5H5N.ClO.Cr.H2O.2O/c1-2-4-6-5-3-1;1-2;;;;/h1-5H;;;1H2;;/q;-1;+2;;;/p-1. The molecule has 1 N–H and O–H groups in total. The first kappa shape index (κ1) is 11.5. The van der Waals surface area contributed by atoms with E-state index in [0.29, 0.717) is 0 Å². The molecule has 1 aromatic heterocycles. The Balaban J connectivity index is 0.000000202. The quantitative estimate of drug-likeness (QED) is 0.777. The van der Waals surface area contributed by atoms with E-state index in [0.717, 1.165) is 0 Å². The average molecular weight is 232 g/mol. The normalized spacial score (nSPS) is 9.83. The van der Waals surface area contributed by atoms with Crippen molar-refractivity contribution in [3.63, 3.8) is 0 Å². The van der Waals surface area contributed by atoms with Crippen molar-refractivity contribution in [3.05, 3.63) is 30.6 Å². The van der Waals surface area contributed by atoms with E-state index in [9.17, 15) is 7.61 Å². The first-order valence-corrected chi connectivity index (χ1v) is 5.13. The molecule has 1 rings (SSSR count). The van der Waals surface area contributed by atoms with Crippen molar-refractivity contribution in [2.24, 2.45) is 0 Å². The number of aromatic nitrogens is 1. The largest absolute Gasteiger partial charge is 0.265 e. The van der Waals surface area contributed by atoms with Gasteiger partial charge in [-0.25, -0.2) is 0 Å². The van der Waals surface area contributed by atoms with E-state index in [1.807, 2.05) is 18.2 Å². The molecule has 0 fully saturated rings. The number of rotatable bonds is 1. The van der Waals surface area contributed by atoms with E-state index in [1.165, 1.54) is 0 Å². The molecule has 0 spiro atoms. The molecule has 7 heteroatoms. The van der Waals surface area contributed by atoms with Gasteiger partial charge in [-0.05, 0) is 12.1 Å². The topological polar surface area (TPSA) is 76.5 Å². The minimum absolute atomic E-state index is 1.75. The van der Waals surface area contributed by atoms with E-state index >= 15 is 0 Å². The van der Waals surface area contributed by atoms with E-state index < -0.39 is 13.6 Å². The molecule has 0 unspecified atom stereocenters. The summed E-state index contributed by atoms with van der Waals surface area (Å²) in [5.74, 6) is 0. The molecule has 0 aliphatic heterocycles. The van der Waals surface area contributed by atoms with Crippen LogP contribution in [0.5, 0.6) is 0 Å². The van der Waals surface area contributed by atoms with E-state index in [2.05, 4.69) is 20.2 Å². The summed E-state index contributed by atoms with van der Waals surface area (Å²) in [5, 5.41) is 0. The molecule has 5 nitrogen and oxygen atoms in total. The third kappa shape index (κ3) is 9.49. The summed E-state index contributed by atoms with van der Waals surface area (Å²) in [6.45, 7) is 0. The molecule has 0 radical (unpaired) electrons. The Hall–Kier alpha value is -0.508. The number of hydrogen-bond acceptors (Lipinski definition) is 4. The minimum Gasteiger partial charge on any atom is -0.265 e. The van der Waals surface area contributed by atoms with Crippen molar-refractivity contribution < 1.29 is 28.7 Å². The van der Waals surface area contributed by atoms with Crippen LogP contribution in [0.15, 0.2) is 30.6 Å². The second-order valence-corrected chi connectivity index (χ2v) is 3.57. The molecule has 0 bridgehead atoms. The van der Waals surface area contributed by atoms with Crippen molar-refractivity contribution in [2.45, 2.75) is 0 Å². The number of hydrogen-bond donors (Lipinski definition) is 1. The first-order chi connectivity index (χ1) is 5.56. The minimum atomic E-state index is -5.01. The van der Waals surface area contributed by atoms with Gasteiger partial charge in [0.2, 0.25) is 0 Å². The number of nitrogens with zero attached hydrogens (tertiary/aromatic N) is 1. The van der Waals surface area contributed by atoms with Crippen LogP contribution in [0.3, 0.4) is 0 Å². The molecule has 1 aromatic rings. The first-order valence-electron chi connectivity index (χ1n) is 2.69. The van der Waals surface area contributed by atoms with Gasteiger partial charge in [-0.15, -0.1) is 0 Å². The van der Waals surface area contributed by atoms with Crippen molar-refractivity contribution in [1.82, 2.24) is 4.98 Å². The van der Waals surface area contributed by atoms with Gasteiger partial charge in [0.1, 0.15) is 0 Å². The maximum Gasteiger partial charge on any atom is 0.0267 e. The number of pyridine rings is 1. The van der Waals surface area contributed by atoms with E-state index in [1.54, 1.807) is 12.4 Å². The number of halogens is 1. The molecule has 12 heavy (non-hydrogen) atoms. The Morgan fingerprint density at radius 2 is 1.67 bits per heavy atom. The molecule has 0 saturated heterocycles. The second-order valence-electron chi connectivity index (χ2n) is 1.52. The Morgan fingerprint density at radius 3 is 1.75 bits per heavy atom. The van der Waals surface area contributed by atoms with Crippen LogP contribution in [-0.4, -0.2) is 9.14 Å². The molecule has 1 heterocycles. The van der Waals surface area contributed by atoms with Crippen LogP contribution in [-0.2, 0) is 24.6 Å². The van der Waals surface area contributed by atoms with Crippen molar-refractivity contribution in [1.29, 1.82) is 0 Å². The average Bonchev–Trinajstić information content (AvgIpc) is 2.07. The van der Waals surface area contributed by atoms with Gasteiger partial charge in [-0.1, -0.05) is 6.07 Å².